The Balaban J connectivity index is 1.64. The molecule has 0 radical (unpaired) electrons. The summed E-state index contributed by atoms with van der Waals surface area (Å²) in [6, 6.07) is 7.49. The number of rotatable bonds is 6. The lowest BCUT2D eigenvalue weighted by Gasteiger charge is -2.32. The summed E-state index contributed by atoms with van der Waals surface area (Å²) in [7, 11) is -2.09. The van der Waals surface area contributed by atoms with E-state index in [2.05, 4.69) is 15.1 Å². The van der Waals surface area contributed by atoms with Crippen LogP contribution >= 0.6 is 0 Å². The molecule has 31 heavy (non-hydrogen) atoms. The van der Waals surface area contributed by atoms with Gasteiger partial charge in [0.25, 0.3) is 0 Å². The standard InChI is InChI=1S/C21H25N5O4S/c1-4-25-14-19(15(2)24-25)31(27,28)26-11-12-30-18(13-26)21-20(22-9-10-23-21)16-5-7-17(29-3)8-6-16/h5-10,14,18H,4,11-13H2,1-3H3/t18-/m0/s1. The van der Waals surface area contributed by atoms with Gasteiger partial charge in [-0.2, -0.15) is 9.40 Å². The van der Waals surface area contributed by atoms with Crippen LogP contribution in [0.15, 0.2) is 47.8 Å². The Kier molecular flexibility index (Phi) is 6.03. The maximum absolute atomic E-state index is 13.3. The lowest BCUT2D eigenvalue weighted by atomic mass is 10.1. The summed E-state index contributed by atoms with van der Waals surface area (Å²) in [5, 5.41) is 4.28. The molecule has 0 saturated carbocycles. The van der Waals surface area contributed by atoms with Crippen LogP contribution < -0.4 is 4.74 Å². The maximum Gasteiger partial charge on any atom is 0.246 e. The molecule has 10 heteroatoms. The van der Waals surface area contributed by atoms with Crippen LogP contribution in [0, 0.1) is 6.92 Å². The van der Waals surface area contributed by atoms with Crippen molar-refractivity contribution < 1.29 is 17.9 Å². The van der Waals surface area contributed by atoms with Gasteiger partial charge in [0.2, 0.25) is 10.0 Å². The number of nitrogens with zero attached hydrogens (tertiary/aromatic N) is 5. The van der Waals surface area contributed by atoms with Crippen molar-refractivity contribution in [1.82, 2.24) is 24.1 Å². The summed E-state index contributed by atoms with van der Waals surface area (Å²) in [5.41, 5.74) is 2.61. The number of sulfonamides is 1. The van der Waals surface area contributed by atoms with Crippen LogP contribution in [-0.2, 0) is 21.3 Å². The van der Waals surface area contributed by atoms with E-state index in [0.717, 1.165) is 11.3 Å². The quantitative estimate of drug-likeness (QED) is 0.577. The van der Waals surface area contributed by atoms with Gasteiger partial charge in [0, 0.05) is 43.8 Å². The second kappa shape index (κ2) is 8.74. The first kappa shape index (κ1) is 21.4. The van der Waals surface area contributed by atoms with E-state index in [-0.39, 0.29) is 24.6 Å². The molecule has 1 aliphatic rings. The first-order valence-corrected chi connectivity index (χ1v) is 11.5. The van der Waals surface area contributed by atoms with Gasteiger partial charge < -0.3 is 9.47 Å². The first-order valence-electron chi connectivity index (χ1n) is 10.0. The lowest BCUT2D eigenvalue weighted by molar-refractivity contribution is -0.00478. The fourth-order valence-corrected chi connectivity index (χ4v) is 5.21. The molecule has 3 aromatic rings. The smallest absolute Gasteiger partial charge is 0.246 e. The molecule has 0 unspecified atom stereocenters. The van der Waals surface area contributed by atoms with Crippen molar-refractivity contribution in [3.05, 3.63) is 54.2 Å². The Morgan fingerprint density at radius 2 is 1.94 bits per heavy atom. The third-order valence-electron chi connectivity index (χ3n) is 5.27. The molecule has 1 atom stereocenters. The molecule has 0 amide bonds. The van der Waals surface area contributed by atoms with Crippen molar-refractivity contribution >= 4 is 10.0 Å². The molecule has 3 heterocycles. The number of hydrogen-bond donors (Lipinski definition) is 0. The van der Waals surface area contributed by atoms with Gasteiger partial charge in [0.05, 0.1) is 30.8 Å². The molecule has 1 aromatic carbocycles. The second-order valence-corrected chi connectivity index (χ2v) is 9.08. The van der Waals surface area contributed by atoms with E-state index in [1.165, 1.54) is 4.31 Å². The highest BCUT2D eigenvalue weighted by molar-refractivity contribution is 7.89. The van der Waals surface area contributed by atoms with Crippen molar-refractivity contribution in [3.63, 3.8) is 0 Å². The number of morpholine rings is 1. The fourth-order valence-electron chi connectivity index (χ4n) is 3.62. The van der Waals surface area contributed by atoms with Crippen molar-refractivity contribution in [2.24, 2.45) is 0 Å². The normalized spacial score (nSPS) is 17.6. The zero-order valence-corrected chi connectivity index (χ0v) is 18.5. The lowest BCUT2D eigenvalue weighted by Crippen LogP contribution is -2.42. The third-order valence-corrected chi connectivity index (χ3v) is 7.24. The van der Waals surface area contributed by atoms with E-state index >= 15 is 0 Å². The molecule has 0 spiro atoms. The number of ether oxygens (including phenoxy) is 2. The number of aromatic nitrogens is 4. The summed E-state index contributed by atoms with van der Waals surface area (Å²) in [6.45, 7) is 4.93. The topological polar surface area (TPSA) is 99.4 Å². The molecule has 164 valence electrons. The van der Waals surface area contributed by atoms with Crippen molar-refractivity contribution in [2.75, 3.05) is 26.8 Å². The highest BCUT2D eigenvalue weighted by atomic mass is 32.2. The number of benzene rings is 1. The minimum absolute atomic E-state index is 0.154. The fraction of sp³-hybridized carbons (Fsp3) is 0.381. The average Bonchev–Trinajstić information content (AvgIpc) is 3.21. The SMILES string of the molecule is CCn1cc(S(=O)(=O)N2CCO[C@H](c3nccnc3-c3ccc(OC)cc3)C2)c(C)n1. The van der Waals surface area contributed by atoms with Gasteiger partial charge in [-0.05, 0) is 38.1 Å². The Hall–Kier alpha value is -2.82. The summed E-state index contributed by atoms with van der Waals surface area (Å²) in [5.74, 6) is 0.739. The van der Waals surface area contributed by atoms with Gasteiger partial charge in [-0.25, -0.2) is 8.42 Å². The van der Waals surface area contributed by atoms with E-state index in [9.17, 15) is 8.42 Å². The molecular formula is C21H25N5O4S. The van der Waals surface area contributed by atoms with Gasteiger partial charge >= 0.3 is 0 Å². The van der Waals surface area contributed by atoms with Crippen LogP contribution in [0.25, 0.3) is 11.3 Å². The largest absolute Gasteiger partial charge is 0.497 e. The molecule has 1 aliphatic heterocycles. The van der Waals surface area contributed by atoms with Crippen molar-refractivity contribution in [2.45, 2.75) is 31.4 Å². The van der Waals surface area contributed by atoms with Crippen LogP contribution in [0.2, 0.25) is 0 Å². The Labute approximate surface area is 181 Å². The number of hydrogen-bond acceptors (Lipinski definition) is 7. The van der Waals surface area contributed by atoms with Gasteiger partial charge in [-0.15, -0.1) is 0 Å². The predicted octanol–water partition coefficient (Wildman–Crippen LogP) is 2.44. The van der Waals surface area contributed by atoms with Gasteiger partial charge in [-0.3, -0.25) is 14.6 Å². The molecular weight excluding hydrogens is 418 g/mol. The summed E-state index contributed by atoms with van der Waals surface area (Å²) in [4.78, 5) is 9.20. The monoisotopic (exact) mass is 443 g/mol. The van der Waals surface area contributed by atoms with Gasteiger partial charge in [0.15, 0.2) is 0 Å². The zero-order chi connectivity index (χ0) is 22.0. The maximum atomic E-state index is 13.3. The minimum atomic E-state index is -3.70. The van der Waals surface area contributed by atoms with E-state index in [0.29, 0.717) is 23.6 Å². The first-order chi connectivity index (χ1) is 14.9. The predicted molar refractivity (Wildman–Crippen MR) is 114 cm³/mol. The summed E-state index contributed by atoms with van der Waals surface area (Å²) >= 11 is 0. The molecule has 4 rings (SSSR count). The molecule has 0 N–H and O–H groups in total. The molecule has 0 bridgehead atoms. The van der Waals surface area contributed by atoms with Crippen LogP contribution in [-0.4, -0.2) is 59.3 Å². The van der Waals surface area contributed by atoms with Crippen LogP contribution in [0.1, 0.15) is 24.4 Å². The van der Waals surface area contributed by atoms with Crippen molar-refractivity contribution in [3.8, 4) is 17.0 Å². The molecule has 2 aromatic heterocycles. The van der Waals surface area contributed by atoms with E-state index in [1.54, 1.807) is 37.3 Å². The van der Waals surface area contributed by atoms with E-state index in [4.69, 9.17) is 9.47 Å². The highest BCUT2D eigenvalue weighted by Crippen LogP contribution is 2.32. The van der Waals surface area contributed by atoms with Crippen LogP contribution in [0.3, 0.4) is 0 Å². The van der Waals surface area contributed by atoms with Crippen LogP contribution in [0.4, 0.5) is 0 Å². The third kappa shape index (κ3) is 4.18. The molecule has 9 nitrogen and oxygen atoms in total. The van der Waals surface area contributed by atoms with E-state index in [1.807, 2.05) is 31.2 Å². The van der Waals surface area contributed by atoms with Gasteiger partial charge in [-0.1, -0.05) is 0 Å². The summed E-state index contributed by atoms with van der Waals surface area (Å²) in [6.07, 6.45) is 4.26. The number of aryl methyl sites for hydroxylation is 2. The Bertz CT molecular complexity index is 1160. The highest BCUT2D eigenvalue weighted by Gasteiger charge is 2.35. The second-order valence-electron chi connectivity index (χ2n) is 7.18. The molecule has 1 saturated heterocycles. The van der Waals surface area contributed by atoms with E-state index < -0.39 is 16.1 Å². The Morgan fingerprint density at radius 3 is 2.61 bits per heavy atom. The molecule has 0 aliphatic carbocycles. The van der Waals surface area contributed by atoms with Crippen molar-refractivity contribution in [1.29, 1.82) is 0 Å². The van der Waals surface area contributed by atoms with Crippen LogP contribution in [0.5, 0.6) is 5.75 Å². The van der Waals surface area contributed by atoms with Gasteiger partial charge in [0.1, 0.15) is 16.7 Å². The zero-order valence-electron chi connectivity index (χ0n) is 17.7. The minimum Gasteiger partial charge on any atom is -0.497 e. The summed E-state index contributed by atoms with van der Waals surface area (Å²) < 4.78 is 40.8. The average molecular weight is 444 g/mol. The Morgan fingerprint density at radius 1 is 1.19 bits per heavy atom. The number of methoxy groups -OCH3 is 1. The molecule has 1 fully saturated rings.